The molecule has 33 heavy (non-hydrogen) atoms. The highest BCUT2D eigenvalue weighted by molar-refractivity contribution is 6.08. The van der Waals surface area contributed by atoms with Crippen LogP contribution < -0.4 is 4.90 Å². The Labute approximate surface area is 193 Å². The van der Waals surface area contributed by atoms with Crippen LogP contribution in [0.15, 0.2) is 66.7 Å². The summed E-state index contributed by atoms with van der Waals surface area (Å²) in [7, 11) is 0. The second-order valence-corrected chi connectivity index (χ2v) is 8.76. The predicted molar refractivity (Wildman–Crippen MR) is 128 cm³/mol. The summed E-state index contributed by atoms with van der Waals surface area (Å²) in [5, 5.41) is 0. The largest absolute Gasteiger partial charge is 0.465 e. The summed E-state index contributed by atoms with van der Waals surface area (Å²) in [4.78, 5) is 33.7. The van der Waals surface area contributed by atoms with Crippen molar-refractivity contribution in [3.05, 3.63) is 72.3 Å². The van der Waals surface area contributed by atoms with E-state index in [1.807, 2.05) is 42.5 Å². The minimum atomic E-state index is -0.873. The topological polar surface area (TPSA) is 64.4 Å². The Morgan fingerprint density at radius 2 is 1.88 bits per heavy atom. The molecule has 1 aliphatic carbocycles. The van der Waals surface area contributed by atoms with Crippen molar-refractivity contribution < 1.29 is 14.3 Å². The molecule has 1 amide bonds. The van der Waals surface area contributed by atoms with E-state index in [4.69, 9.17) is 9.72 Å². The van der Waals surface area contributed by atoms with Crippen molar-refractivity contribution in [3.63, 3.8) is 0 Å². The number of allylic oxidation sites excluding steroid dienone is 2. The van der Waals surface area contributed by atoms with Gasteiger partial charge in [0, 0.05) is 6.54 Å². The lowest BCUT2D eigenvalue weighted by Crippen LogP contribution is -2.52. The van der Waals surface area contributed by atoms with Gasteiger partial charge in [0.25, 0.3) is 0 Å². The first kappa shape index (κ1) is 21.4. The minimum Gasteiger partial charge on any atom is -0.465 e. The Balaban J connectivity index is 1.63. The summed E-state index contributed by atoms with van der Waals surface area (Å²) in [6.07, 6.45) is 7.75. The molecule has 3 atom stereocenters. The highest BCUT2D eigenvalue weighted by Crippen LogP contribution is 2.44. The van der Waals surface area contributed by atoms with E-state index >= 15 is 0 Å². The zero-order valence-electron chi connectivity index (χ0n) is 18.9. The molecule has 6 nitrogen and oxygen atoms in total. The highest BCUT2D eigenvalue weighted by Gasteiger charge is 2.49. The van der Waals surface area contributed by atoms with Crippen molar-refractivity contribution in [2.45, 2.75) is 38.6 Å². The maximum absolute atomic E-state index is 13.9. The van der Waals surface area contributed by atoms with Crippen LogP contribution in [0, 0.1) is 11.8 Å². The van der Waals surface area contributed by atoms with Crippen molar-refractivity contribution in [2.24, 2.45) is 11.8 Å². The van der Waals surface area contributed by atoms with Crippen molar-refractivity contribution in [1.29, 1.82) is 0 Å². The average molecular weight is 444 g/mol. The lowest BCUT2D eigenvalue weighted by molar-refractivity contribution is -0.155. The summed E-state index contributed by atoms with van der Waals surface area (Å²) in [6.45, 7) is 2.50. The molecule has 0 unspecified atom stereocenters. The molecule has 1 aliphatic heterocycles. The second-order valence-electron chi connectivity index (χ2n) is 8.76. The van der Waals surface area contributed by atoms with E-state index in [1.54, 1.807) is 11.8 Å². The fraction of sp³-hybridized carbons (Fsp3) is 0.370. The molecule has 0 bridgehead atoms. The number of fused-ring (bicyclic) bond motifs is 3. The van der Waals surface area contributed by atoms with Gasteiger partial charge >= 0.3 is 5.97 Å². The van der Waals surface area contributed by atoms with E-state index in [1.165, 1.54) is 0 Å². The molecule has 0 saturated carbocycles. The van der Waals surface area contributed by atoms with Gasteiger partial charge in [0.1, 0.15) is 0 Å². The number of carbonyl (C=O) groups excluding carboxylic acids is 2. The zero-order chi connectivity index (χ0) is 22.8. The third kappa shape index (κ3) is 3.94. The summed E-state index contributed by atoms with van der Waals surface area (Å²) < 4.78 is 7.60. The van der Waals surface area contributed by atoms with E-state index in [0.29, 0.717) is 18.9 Å². The van der Waals surface area contributed by atoms with Crippen LogP contribution in [0.3, 0.4) is 0 Å². The number of amides is 1. The molecular weight excluding hydrogens is 414 g/mol. The Morgan fingerprint density at radius 1 is 1.09 bits per heavy atom. The number of benzene rings is 2. The molecule has 2 aliphatic rings. The lowest BCUT2D eigenvalue weighted by Gasteiger charge is -2.41. The van der Waals surface area contributed by atoms with Crippen molar-refractivity contribution in [1.82, 2.24) is 9.55 Å². The first-order valence-electron chi connectivity index (χ1n) is 11.8. The maximum Gasteiger partial charge on any atom is 0.320 e. The van der Waals surface area contributed by atoms with E-state index in [-0.39, 0.29) is 24.5 Å². The maximum atomic E-state index is 13.9. The van der Waals surface area contributed by atoms with Gasteiger partial charge in [-0.15, -0.1) is 0 Å². The first-order valence-corrected chi connectivity index (χ1v) is 11.8. The van der Waals surface area contributed by atoms with Crippen LogP contribution in [-0.4, -0.2) is 34.6 Å². The molecule has 0 N–H and O–H groups in total. The Bertz CT molecular complexity index is 1180. The van der Waals surface area contributed by atoms with E-state index in [2.05, 4.69) is 28.9 Å². The highest BCUT2D eigenvalue weighted by atomic mass is 16.5. The predicted octanol–water partition coefficient (Wildman–Crippen LogP) is 4.70. The number of nitrogens with zero attached hydrogens (tertiary/aromatic N) is 3. The van der Waals surface area contributed by atoms with Gasteiger partial charge < -0.3 is 9.30 Å². The van der Waals surface area contributed by atoms with E-state index < -0.39 is 11.9 Å². The molecule has 6 heteroatoms. The van der Waals surface area contributed by atoms with Gasteiger partial charge in [0.05, 0.1) is 23.7 Å². The third-order valence-electron chi connectivity index (χ3n) is 6.79. The third-order valence-corrected chi connectivity index (χ3v) is 6.79. The molecule has 1 aromatic heterocycles. The molecule has 5 rings (SSSR count). The Kier molecular flexibility index (Phi) is 5.99. The first-order chi connectivity index (χ1) is 16.2. The summed E-state index contributed by atoms with van der Waals surface area (Å²) in [5.74, 6) is -0.706. The van der Waals surface area contributed by atoms with Gasteiger partial charge in [-0.05, 0) is 56.2 Å². The molecule has 0 fully saturated rings. The van der Waals surface area contributed by atoms with Gasteiger partial charge in [-0.25, -0.2) is 4.98 Å². The molecular formula is C27H29N3O3. The number of anilines is 1. The van der Waals surface area contributed by atoms with Crippen LogP contribution in [0.5, 0.6) is 0 Å². The number of hydrogen-bond acceptors (Lipinski definition) is 4. The van der Waals surface area contributed by atoms with Gasteiger partial charge in [-0.3, -0.25) is 14.5 Å². The number of aromatic nitrogens is 2. The molecule has 2 heterocycles. The van der Waals surface area contributed by atoms with Gasteiger partial charge in [0.15, 0.2) is 5.92 Å². The number of rotatable bonds is 6. The van der Waals surface area contributed by atoms with Crippen molar-refractivity contribution >= 4 is 28.9 Å². The Hall–Kier alpha value is -3.41. The fourth-order valence-electron chi connectivity index (χ4n) is 5.26. The smallest absolute Gasteiger partial charge is 0.320 e. The van der Waals surface area contributed by atoms with Crippen LogP contribution in [0.2, 0.25) is 0 Å². The average Bonchev–Trinajstić information content (AvgIpc) is 3.23. The van der Waals surface area contributed by atoms with E-state index in [0.717, 1.165) is 35.9 Å². The van der Waals surface area contributed by atoms with Gasteiger partial charge in [-0.2, -0.15) is 0 Å². The summed E-state index contributed by atoms with van der Waals surface area (Å²) in [5.41, 5.74) is 2.93. The SMILES string of the molecule is CCOC(=O)[C@@H]1C(=O)N(CCc2ccccc2)c2nc3ccccc3n2[C@H]1[C@@H]1CC=CCC1. The number of hydrogen-bond donors (Lipinski definition) is 0. The Morgan fingerprint density at radius 3 is 2.64 bits per heavy atom. The van der Waals surface area contributed by atoms with E-state index in [9.17, 15) is 9.59 Å². The molecule has 0 radical (unpaired) electrons. The number of imidazole rings is 1. The number of carbonyl (C=O) groups is 2. The number of ether oxygens (including phenoxy) is 1. The van der Waals surface area contributed by atoms with Gasteiger partial charge in [0.2, 0.25) is 11.9 Å². The molecule has 3 aromatic rings. The molecule has 170 valence electrons. The second kappa shape index (κ2) is 9.22. The monoisotopic (exact) mass is 443 g/mol. The molecule has 0 saturated heterocycles. The number of esters is 1. The van der Waals surface area contributed by atoms with Gasteiger partial charge in [-0.1, -0.05) is 54.6 Å². The van der Waals surface area contributed by atoms with Crippen LogP contribution in [0.25, 0.3) is 11.0 Å². The molecule has 2 aromatic carbocycles. The summed E-state index contributed by atoms with van der Waals surface area (Å²) >= 11 is 0. The van der Waals surface area contributed by atoms with Crippen molar-refractivity contribution in [3.8, 4) is 0 Å². The normalized spacial score (nSPS) is 22.4. The zero-order valence-corrected chi connectivity index (χ0v) is 18.9. The lowest BCUT2D eigenvalue weighted by atomic mass is 9.79. The minimum absolute atomic E-state index is 0.168. The van der Waals surface area contributed by atoms with Crippen LogP contribution in [0.1, 0.15) is 37.8 Å². The number of para-hydroxylation sites is 2. The van der Waals surface area contributed by atoms with Crippen LogP contribution >= 0.6 is 0 Å². The van der Waals surface area contributed by atoms with Crippen molar-refractivity contribution in [2.75, 3.05) is 18.1 Å². The standard InChI is InChI=1S/C27H29N3O3/c1-2-33-26(32)23-24(20-13-7-4-8-14-20)30-22-16-10-9-15-21(22)28-27(30)29(25(23)31)18-17-19-11-5-3-6-12-19/h3-7,9-12,15-16,20,23-24H,2,8,13-14,17-18H2,1H3/t20-,23+,24+/m1/s1. The molecule has 0 spiro atoms. The van der Waals surface area contributed by atoms with Crippen LogP contribution in [-0.2, 0) is 20.7 Å². The summed E-state index contributed by atoms with van der Waals surface area (Å²) in [6, 6.07) is 17.7. The van der Waals surface area contributed by atoms with Crippen LogP contribution in [0.4, 0.5) is 5.95 Å². The fourth-order valence-corrected chi connectivity index (χ4v) is 5.26. The quantitative estimate of drug-likeness (QED) is 0.315.